The Balaban J connectivity index is 1.20. The first kappa shape index (κ1) is 53.5. The first-order chi connectivity index (χ1) is 33.0. The molecule has 5 amide bonds. The van der Waals surface area contributed by atoms with Crippen molar-refractivity contribution in [1.82, 2.24) is 36.3 Å². The Morgan fingerprint density at radius 2 is 1.49 bits per heavy atom. The number of carboxylic acid groups (broad SMARTS) is 1. The number of hydrogen-bond donors (Lipinski definition) is 6. The molecule has 0 spiro atoms. The Bertz CT molecular complexity index is 2400. The van der Waals surface area contributed by atoms with E-state index < -0.39 is 89.3 Å². The van der Waals surface area contributed by atoms with Crippen LogP contribution < -0.4 is 26.3 Å². The summed E-state index contributed by atoms with van der Waals surface area (Å²) in [6.45, 7) is 10.9. The second-order valence-electron chi connectivity index (χ2n) is 20.2. The number of anilines is 1. The summed E-state index contributed by atoms with van der Waals surface area (Å²) < 4.78 is 41.2. The quantitative estimate of drug-likeness (QED) is 0.0851. The average molecular weight is 1040 g/mol. The topological polar surface area (TPSA) is 215 Å². The summed E-state index contributed by atoms with van der Waals surface area (Å²) in [7, 11) is 1.15. The molecule has 20 heteroatoms. The molecule has 3 saturated heterocycles. The number of fused-ring (bicyclic) bond motifs is 2. The number of rotatable bonds is 15. The number of aliphatic hydroxyl groups excluding tert-OH is 1. The summed E-state index contributed by atoms with van der Waals surface area (Å²) in [5, 5.41) is 30.2. The van der Waals surface area contributed by atoms with Crippen LogP contribution in [0.5, 0.6) is 0 Å². The summed E-state index contributed by atoms with van der Waals surface area (Å²) in [6, 6.07) is 9.59. The Kier molecular flexibility index (Phi) is 17.5. The summed E-state index contributed by atoms with van der Waals surface area (Å²) in [5.41, 5.74) is 2.26. The number of hydrogen-bond acceptors (Lipinski definition) is 11. The van der Waals surface area contributed by atoms with Crippen LogP contribution in [0.3, 0.4) is 0 Å². The molecule has 6 N–H and O–H groups in total. The van der Waals surface area contributed by atoms with Gasteiger partial charge in [-0.1, -0.05) is 81.4 Å². The molecular formula is C50H63BrF2N8O9. The van der Waals surface area contributed by atoms with E-state index in [-0.39, 0.29) is 35.0 Å². The van der Waals surface area contributed by atoms with Gasteiger partial charge in [0, 0.05) is 72.2 Å². The normalized spacial score (nSPS) is 19.6. The molecule has 2 aromatic carbocycles. The number of methoxy groups -OCH3 is 1. The van der Waals surface area contributed by atoms with E-state index in [9.17, 15) is 34.2 Å². The fraction of sp³-hybridized carbons (Fsp3) is 0.520. The zero-order chi connectivity index (χ0) is 51.1. The third-order valence-corrected chi connectivity index (χ3v) is 13.1. The van der Waals surface area contributed by atoms with Gasteiger partial charge in [0.25, 0.3) is 11.8 Å². The lowest BCUT2D eigenvalue weighted by atomic mass is 9.85. The predicted molar refractivity (Wildman–Crippen MR) is 259 cm³/mol. The molecule has 0 saturated carbocycles. The third kappa shape index (κ3) is 13.9. The number of hydrazine groups is 1. The lowest BCUT2D eigenvalue weighted by molar-refractivity contribution is -0.144. The van der Waals surface area contributed by atoms with Gasteiger partial charge in [0.1, 0.15) is 35.6 Å². The minimum Gasteiger partial charge on any atom is -0.465 e. The van der Waals surface area contributed by atoms with Crippen molar-refractivity contribution in [2.45, 2.75) is 123 Å². The number of piperazine rings is 1. The summed E-state index contributed by atoms with van der Waals surface area (Å²) >= 11 is 3.07. The van der Waals surface area contributed by atoms with E-state index >= 15 is 8.78 Å². The molecule has 6 rings (SSSR count). The van der Waals surface area contributed by atoms with Gasteiger partial charge in [0.15, 0.2) is 0 Å². The van der Waals surface area contributed by atoms with Crippen molar-refractivity contribution in [2.75, 3.05) is 38.3 Å². The van der Waals surface area contributed by atoms with Crippen molar-refractivity contribution in [3.8, 4) is 11.8 Å². The number of alkyl carbamates (subject to hydrolysis) is 1. The van der Waals surface area contributed by atoms with Crippen LogP contribution in [-0.4, -0.2) is 131 Å². The highest BCUT2D eigenvalue weighted by atomic mass is 79.9. The maximum atomic E-state index is 15.3. The number of aliphatic hydroxyl groups is 1. The van der Waals surface area contributed by atoms with E-state index in [2.05, 4.69) is 54.0 Å². The number of benzene rings is 2. The maximum Gasteiger partial charge on any atom is 0.407 e. The van der Waals surface area contributed by atoms with Gasteiger partial charge >= 0.3 is 12.2 Å². The number of amides is 5. The van der Waals surface area contributed by atoms with Gasteiger partial charge in [0.05, 0.1) is 19.3 Å². The Morgan fingerprint density at radius 3 is 2.03 bits per heavy atom. The Hall–Kier alpha value is -5.88. The summed E-state index contributed by atoms with van der Waals surface area (Å²) in [4.78, 5) is 74.1. The Labute approximate surface area is 415 Å². The first-order valence-electron chi connectivity index (χ1n) is 23.3. The Morgan fingerprint density at radius 1 is 0.886 bits per heavy atom. The van der Waals surface area contributed by atoms with Crippen molar-refractivity contribution < 1.29 is 52.4 Å². The summed E-state index contributed by atoms with van der Waals surface area (Å²) in [6.07, 6.45) is 1.07. The van der Waals surface area contributed by atoms with Gasteiger partial charge in [-0.3, -0.25) is 19.8 Å². The van der Waals surface area contributed by atoms with Crippen molar-refractivity contribution >= 4 is 51.7 Å². The average Bonchev–Trinajstić information content (AvgIpc) is 3.93. The van der Waals surface area contributed by atoms with E-state index in [1.54, 1.807) is 72.0 Å². The monoisotopic (exact) mass is 1040 g/mol. The van der Waals surface area contributed by atoms with Crippen LogP contribution >= 0.6 is 15.9 Å². The molecule has 2 bridgehead atoms. The summed E-state index contributed by atoms with van der Waals surface area (Å²) in [5.74, 6) is 3.76. The molecule has 378 valence electrons. The van der Waals surface area contributed by atoms with Gasteiger partial charge in [0.2, 0.25) is 5.91 Å². The van der Waals surface area contributed by atoms with Crippen LogP contribution in [0.15, 0.2) is 59.2 Å². The van der Waals surface area contributed by atoms with E-state index in [4.69, 9.17) is 14.5 Å². The first-order valence-corrected chi connectivity index (χ1v) is 24.1. The van der Waals surface area contributed by atoms with E-state index in [0.29, 0.717) is 36.4 Å². The maximum absolute atomic E-state index is 15.3. The number of nitrogens with zero attached hydrogens (tertiary/aromatic N) is 4. The fourth-order valence-corrected chi connectivity index (χ4v) is 9.40. The molecule has 4 heterocycles. The molecule has 6 unspecified atom stereocenters. The van der Waals surface area contributed by atoms with Gasteiger partial charge in [-0.25, -0.2) is 28.4 Å². The van der Waals surface area contributed by atoms with Crippen LogP contribution in [0.4, 0.5) is 24.2 Å². The molecule has 1 aromatic heterocycles. The number of aromatic nitrogens is 1. The zero-order valence-electron chi connectivity index (χ0n) is 40.5. The van der Waals surface area contributed by atoms with Crippen molar-refractivity contribution in [3.05, 3.63) is 93.1 Å². The lowest BCUT2D eigenvalue weighted by Gasteiger charge is -2.42. The minimum absolute atomic E-state index is 0.00639. The number of carbonyl (C=O) groups is 5. The second-order valence-corrected chi connectivity index (χ2v) is 21.1. The highest BCUT2D eigenvalue weighted by Gasteiger charge is 2.45. The highest BCUT2D eigenvalue weighted by molar-refractivity contribution is 9.10. The van der Waals surface area contributed by atoms with E-state index in [1.807, 2.05) is 17.0 Å². The van der Waals surface area contributed by atoms with Gasteiger partial charge in [-0.05, 0) is 84.9 Å². The predicted octanol–water partition coefficient (Wildman–Crippen LogP) is 5.26. The SMILES string of the molecule is COC(=O)NC(C(=O)NC(Cc1ccc(C#Cc2ccc(N3CC4CCC(C3)N4C(=O)[C@@H]3CCCO3)nc2)cc1)C(O)CN(Cc1c(F)cc(Br)cc1F)NC(=O)C(NC(=O)O)C(C)(C)C)C(C)(C)C. The molecule has 17 nitrogen and oxygen atoms in total. The van der Waals surface area contributed by atoms with Gasteiger partial charge in [-0.2, -0.15) is 0 Å². The van der Waals surface area contributed by atoms with Gasteiger partial charge in [-0.15, -0.1) is 0 Å². The number of halogens is 3. The van der Waals surface area contributed by atoms with Crippen LogP contribution in [0.1, 0.15) is 89.5 Å². The number of nitrogens with one attached hydrogen (secondary N) is 4. The molecule has 70 heavy (non-hydrogen) atoms. The molecular weight excluding hydrogens is 974 g/mol. The molecule has 0 radical (unpaired) electrons. The van der Waals surface area contributed by atoms with E-state index in [0.717, 1.165) is 55.8 Å². The fourth-order valence-electron chi connectivity index (χ4n) is 9.00. The van der Waals surface area contributed by atoms with Crippen LogP contribution in [0.2, 0.25) is 0 Å². The molecule has 3 aliphatic heterocycles. The van der Waals surface area contributed by atoms with Crippen molar-refractivity contribution in [1.29, 1.82) is 0 Å². The molecule has 3 fully saturated rings. The van der Waals surface area contributed by atoms with Gasteiger partial charge < -0.3 is 45.4 Å². The number of pyridine rings is 1. The number of ether oxygens (including phenoxy) is 2. The molecule has 7 atom stereocenters. The van der Waals surface area contributed by atoms with E-state index in [1.165, 1.54) is 0 Å². The van der Waals surface area contributed by atoms with Crippen LogP contribution in [0.25, 0.3) is 0 Å². The van der Waals surface area contributed by atoms with Crippen LogP contribution in [-0.2, 0) is 36.8 Å². The molecule has 0 aliphatic carbocycles. The molecule has 3 aliphatic rings. The largest absolute Gasteiger partial charge is 0.465 e. The second kappa shape index (κ2) is 22.9. The minimum atomic E-state index is -1.56. The smallest absolute Gasteiger partial charge is 0.407 e. The third-order valence-electron chi connectivity index (χ3n) is 12.7. The zero-order valence-corrected chi connectivity index (χ0v) is 42.1. The standard InChI is InChI=1S/C50H63BrF2N8O9/c1-49(2,3)42(57-48(68)69-7)44(63)55-38(39(62)28-60(27-35-36(52)22-32(51)23-37(35)53)58-45(64)43(50(4,5)6)56-47(66)67)21-30-13-10-29(11-14-30)12-15-31-16-19-41(54-24-31)59-25-33-17-18-34(26-59)61(33)46(65)40-9-8-20-70-40/h10-11,13-14,16,19,22-24,33-34,38-40,42-43,56,62H,8-9,17-18,20-21,25-28H2,1-7H3,(H,55,63)(H,57,68)(H,58,64)(H,66,67)/t33?,34?,38?,39?,40-,42?,43?/m0/s1. The highest BCUT2D eigenvalue weighted by Crippen LogP contribution is 2.34. The lowest BCUT2D eigenvalue weighted by Crippen LogP contribution is -2.60. The molecule has 3 aromatic rings. The number of carbonyl (C=O) groups excluding carboxylic acids is 4. The van der Waals surface area contributed by atoms with Crippen molar-refractivity contribution in [3.63, 3.8) is 0 Å². The van der Waals surface area contributed by atoms with Crippen molar-refractivity contribution in [2.24, 2.45) is 10.8 Å². The van der Waals surface area contributed by atoms with Crippen LogP contribution in [0, 0.1) is 34.3 Å².